The molecule has 0 radical (unpaired) electrons. The fourth-order valence-electron chi connectivity index (χ4n) is 1.50. The first kappa shape index (κ1) is 13.7. The Morgan fingerprint density at radius 2 is 2.24 bits per heavy atom. The van der Waals surface area contributed by atoms with Crippen molar-refractivity contribution in [2.24, 2.45) is 0 Å². The molecule has 0 atom stereocenters. The Kier molecular flexibility index (Phi) is 5.17. The van der Waals surface area contributed by atoms with Crippen LogP contribution in [0.4, 0.5) is 0 Å². The van der Waals surface area contributed by atoms with E-state index in [1.807, 2.05) is 32.0 Å². The van der Waals surface area contributed by atoms with Crippen LogP contribution >= 0.6 is 15.9 Å². The van der Waals surface area contributed by atoms with Crippen LogP contribution in [0, 0.1) is 18.3 Å². The molecule has 0 spiro atoms. The maximum Gasteiger partial charge on any atom is 0.253 e. The van der Waals surface area contributed by atoms with Crippen molar-refractivity contribution in [3.05, 3.63) is 33.8 Å². The molecule has 3 nitrogen and oxygen atoms in total. The number of rotatable bonds is 4. The second kappa shape index (κ2) is 6.41. The van der Waals surface area contributed by atoms with E-state index in [1.165, 1.54) is 0 Å². The van der Waals surface area contributed by atoms with E-state index < -0.39 is 0 Å². The summed E-state index contributed by atoms with van der Waals surface area (Å²) in [5.74, 6) is -0.0246. The van der Waals surface area contributed by atoms with Crippen LogP contribution in [0.1, 0.15) is 29.3 Å². The summed E-state index contributed by atoms with van der Waals surface area (Å²) < 4.78 is 0.930. The van der Waals surface area contributed by atoms with Crippen molar-refractivity contribution in [2.75, 3.05) is 13.1 Å². The zero-order valence-corrected chi connectivity index (χ0v) is 11.6. The van der Waals surface area contributed by atoms with Gasteiger partial charge >= 0.3 is 0 Å². The van der Waals surface area contributed by atoms with Gasteiger partial charge in [-0.2, -0.15) is 5.26 Å². The molecular weight excluding hydrogens is 280 g/mol. The Morgan fingerprint density at radius 1 is 1.53 bits per heavy atom. The molecule has 0 aliphatic rings. The molecule has 1 aromatic rings. The number of halogens is 1. The lowest BCUT2D eigenvalue weighted by Crippen LogP contribution is -2.31. The van der Waals surface area contributed by atoms with Crippen LogP contribution in [0.3, 0.4) is 0 Å². The standard InChI is InChI=1S/C13H15BrN2O/c1-3-16(8-4-7-15)13(17)11-6-5-10(2)12(14)9-11/h5-6,9H,3-4,8H2,1-2H3. The molecule has 0 aromatic heterocycles. The van der Waals surface area contributed by atoms with Gasteiger partial charge in [0.15, 0.2) is 0 Å². The Hall–Kier alpha value is -1.34. The fourth-order valence-corrected chi connectivity index (χ4v) is 1.88. The van der Waals surface area contributed by atoms with E-state index in [-0.39, 0.29) is 5.91 Å². The van der Waals surface area contributed by atoms with Gasteiger partial charge in [-0.15, -0.1) is 0 Å². The number of nitriles is 1. The van der Waals surface area contributed by atoms with Crippen molar-refractivity contribution in [3.63, 3.8) is 0 Å². The third-order valence-electron chi connectivity index (χ3n) is 2.58. The highest BCUT2D eigenvalue weighted by atomic mass is 79.9. The van der Waals surface area contributed by atoms with Crippen LogP contribution in [0.25, 0.3) is 0 Å². The lowest BCUT2D eigenvalue weighted by atomic mass is 10.1. The minimum atomic E-state index is -0.0246. The number of carbonyl (C=O) groups is 1. The number of nitrogens with zero attached hydrogens (tertiary/aromatic N) is 2. The zero-order chi connectivity index (χ0) is 12.8. The molecular formula is C13H15BrN2O. The van der Waals surface area contributed by atoms with Crippen LogP contribution < -0.4 is 0 Å². The number of hydrogen-bond acceptors (Lipinski definition) is 2. The van der Waals surface area contributed by atoms with Crippen LogP contribution in [0.15, 0.2) is 22.7 Å². The maximum absolute atomic E-state index is 12.1. The van der Waals surface area contributed by atoms with Gasteiger partial charge in [0.1, 0.15) is 0 Å². The smallest absolute Gasteiger partial charge is 0.253 e. The van der Waals surface area contributed by atoms with E-state index >= 15 is 0 Å². The first-order valence-corrected chi connectivity index (χ1v) is 6.31. The van der Waals surface area contributed by atoms with Gasteiger partial charge in [0, 0.05) is 23.1 Å². The molecule has 0 saturated heterocycles. The first-order chi connectivity index (χ1) is 8.10. The van der Waals surface area contributed by atoms with Crippen molar-refractivity contribution >= 4 is 21.8 Å². The number of benzene rings is 1. The number of aryl methyl sites for hydroxylation is 1. The highest BCUT2D eigenvalue weighted by Crippen LogP contribution is 2.18. The van der Waals surface area contributed by atoms with E-state index in [1.54, 1.807) is 4.90 Å². The Labute approximate surface area is 110 Å². The summed E-state index contributed by atoms with van der Waals surface area (Å²) in [6.45, 7) is 4.99. The summed E-state index contributed by atoms with van der Waals surface area (Å²) in [5.41, 5.74) is 1.75. The van der Waals surface area contributed by atoms with Crippen molar-refractivity contribution in [1.29, 1.82) is 5.26 Å². The highest BCUT2D eigenvalue weighted by Gasteiger charge is 2.14. The quantitative estimate of drug-likeness (QED) is 0.856. The van der Waals surface area contributed by atoms with E-state index in [0.717, 1.165) is 10.0 Å². The zero-order valence-electron chi connectivity index (χ0n) is 10.0. The normalized spacial score (nSPS) is 9.76. The van der Waals surface area contributed by atoms with Crippen molar-refractivity contribution in [3.8, 4) is 6.07 Å². The van der Waals surface area contributed by atoms with Gasteiger partial charge in [-0.05, 0) is 31.5 Å². The minimum absolute atomic E-state index is 0.0246. The van der Waals surface area contributed by atoms with E-state index in [0.29, 0.717) is 25.1 Å². The second-order valence-corrected chi connectivity index (χ2v) is 4.61. The molecule has 0 aliphatic carbocycles. The lowest BCUT2D eigenvalue weighted by Gasteiger charge is -2.19. The monoisotopic (exact) mass is 294 g/mol. The van der Waals surface area contributed by atoms with Crippen molar-refractivity contribution < 1.29 is 4.79 Å². The Balaban J connectivity index is 2.86. The Morgan fingerprint density at radius 3 is 2.76 bits per heavy atom. The minimum Gasteiger partial charge on any atom is -0.338 e. The molecule has 0 heterocycles. The fraction of sp³-hybridized carbons (Fsp3) is 0.385. The first-order valence-electron chi connectivity index (χ1n) is 5.52. The largest absolute Gasteiger partial charge is 0.338 e. The van der Waals surface area contributed by atoms with Crippen LogP contribution in [-0.4, -0.2) is 23.9 Å². The summed E-state index contributed by atoms with van der Waals surface area (Å²) in [6.07, 6.45) is 0.368. The molecule has 90 valence electrons. The SMILES string of the molecule is CCN(CCC#N)C(=O)c1ccc(C)c(Br)c1. The van der Waals surface area contributed by atoms with Gasteiger partial charge in [-0.1, -0.05) is 22.0 Å². The molecule has 0 saturated carbocycles. The average Bonchev–Trinajstić information content (AvgIpc) is 2.33. The van der Waals surface area contributed by atoms with Crippen molar-refractivity contribution in [1.82, 2.24) is 4.90 Å². The van der Waals surface area contributed by atoms with Gasteiger partial charge < -0.3 is 4.90 Å². The predicted molar refractivity (Wildman–Crippen MR) is 70.7 cm³/mol. The summed E-state index contributed by atoms with van der Waals surface area (Å²) in [4.78, 5) is 13.8. The molecule has 1 amide bonds. The summed E-state index contributed by atoms with van der Waals surface area (Å²) in [5, 5.41) is 8.55. The molecule has 17 heavy (non-hydrogen) atoms. The maximum atomic E-state index is 12.1. The van der Waals surface area contributed by atoms with Crippen LogP contribution in [0.2, 0.25) is 0 Å². The van der Waals surface area contributed by atoms with Gasteiger partial charge in [0.05, 0.1) is 12.5 Å². The third-order valence-corrected chi connectivity index (χ3v) is 3.44. The molecule has 0 N–H and O–H groups in total. The van der Waals surface area contributed by atoms with Gasteiger partial charge in [0.25, 0.3) is 5.91 Å². The van der Waals surface area contributed by atoms with Gasteiger partial charge in [-0.25, -0.2) is 0 Å². The molecule has 0 bridgehead atoms. The Bertz CT molecular complexity index is 451. The topological polar surface area (TPSA) is 44.1 Å². The molecule has 0 fully saturated rings. The number of hydrogen-bond donors (Lipinski definition) is 0. The summed E-state index contributed by atoms with van der Waals surface area (Å²) >= 11 is 3.41. The third kappa shape index (κ3) is 3.57. The van der Waals surface area contributed by atoms with Crippen molar-refractivity contribution in [2.45, 2.75) is 20.3 Å². The van der Waals surface area contributed by atoms with E-state index in [4.69, 9.17) is 5.26 Å². The van der Waals surface area contributed by atoms with Gasteiger partial charge in [0.2, 0.25) is 0 Å². The van der Waals surface area contributed by atoms with E-state index in [9.17, 15) is 4.79 Å². The lowest BCUT2D eigenvalue weighted by molar-refractivity contribution is 0.0767. The number of amides is 1. The molecule has 4 heteroatoms. The van der Waals surface area contributed by atoms with Crippen LogP contribution in [0.5, 0.6) is 0 Å². The molecule has 0 aliphatic heterocycles. The summed E-state index contributed by atoms with van der Waals surface area (Å²) in [6, 6.07) is 7.61. The second-order valence-electron chi connectivity index (χ2n) is 3.76. The molecule has 0 unspecified atom stereocenters. The summed E-state index contributed by atoms with van der Waals surface area (Å²) in [7, 11) is 0. The van der Waals surface area contributed by atoms with Gasteiger partial charge in [-0.3, -0.25) is 4.79 Å². The average molecular weight is 295 g/mol. The molecule has 1 rings (SSSR count). The molecule has 1 aromatic carbocycles. The van der Waals surface area contributed by atoms with Crippen LogP contribution in [-0.2, 0) is 0 Å². The highest BCUT2D eigenvalue weighted by molar-refractivity contribution is 9.10. The van der Waals surface area contributed by atoms with E-state index in [2.05, 4.69) is 22.0 Å². The number of carbonyl (C=O) groups excluding carboxylic acids is 1. The predicted octanol–water partition coefficient (Wildman–Crippen LogP) is 3.13.